The van der Waals surface area contributed by atoms with Gasteiger partial charge in [0.2, 0.25) is 5.91 Å². The van der Waals surface area contributed by atoms with Crippen molar-refractivity contribution in [2.75, 3.05) is 20.3 Å². The number of carbonyl (C=O) groups is 1. The summed E-state index contributed by atoms with van der Waals surface area (Å²) in [4.78, 5) is 17.5. The smallest absolute Gasteiger partial charge is 0.225 e. The fraction of sp³-hybridized carbons (Fsp3) is 0.294. The summed E-state index contributed by atoms with van der Waals surface area (Å²) in [6.45, 7) is 1.27. The number of rotatable bonds is 7. The first-order valence-corrected chi connectivity index (χ1v) is 8.90. The third kappa shape index (κ3) is 3.95. The number of hydrogen-bond acceptors (Lipinski definition) is 4. The maximum absolute atomic E-state index is 12.0. The summed E-state index contributed by atoms with van der Waals surface area (Å²) in [6.07, 6.45) is 3.11. The SMILES string of the molecule is COCCCNC(=O)Cc1csc2nc(-c3ccc(Cl)cc3)cn12. The van der Waals surface area contributed by atoms with Gasteiger partial charge in [-0.05, 0) is 18.6 Å². The number of fused-ring (bicyclic) bond motifs is 1. The summed E-state index contributed by atoms with van der Waals surface area (Å²) >= 11 is 7.46. The van der Waals surface area contributed by atoms with Crippen molar-refractivity contribution in [3.05, 3.63) is 46.6 Å². The molecule has 0 aliphatic carbocycles. The van der Waals surface area contributed by atoms with Crippen molar-refractivity contribution in [3.8, 4) is 11.3 Å². The van der Waals surface area contributed by atoms with Crippen LogP contribution >= 0.6 is 22.9 Å². The molecule has 3 rings (SSSR count). The fourth-order valence-corrected chi connectivity index (χ4v) is 3.39. The van der Waals surface area contributed by atoms with Gasteiger partial charge in [0.25, 0.3) is 0 Å². The van der Waals surface area contributed by atoms with E-state index in [-0.39, 0.29) is 5.91 Å². The van der Waals surface area contributed by atoms with Crippen molar-refractivity contribution >= 4 is 33.8 Å². The van der Waals surface area contributed by atoms with Gasteiger partial charge in [0, 0.05) is 48.1 Å². The molecule has 0 saturated carbocycles. The number of ether oxygens (including phenoxy) is 1. The van der Waals surface area contributed by atoms with E-state index in [1.54, 1.807) is 7.11 Å². The maximum atomic E-state index is 12.0. The molecule has 5 nitrogen and oxygen atoms in total. The van der Waals surface area contributed by atoms with Crippen LogP contribution in [0.5, 0.6) is 0 Å². The molecule has 0 atom stereocenters. The number of thiazole rings is 1. The number of carbonyl (C=O) groups excluding carboxylic acids is 1. The summed E-state index contributed by atoms with van der Waals surface area (Å²) in [5, 5.41) is 5.58. The molecule has 0 saturated heterocycles. The maximum Gasteiger partial charge on any atom is 0.225 e. The quantitative estimate of drug-likeness (QED) is 0.654. The lowest BCUT2D eigenvalue weighted by atomic mass is 10.2. The molecule has 3 aromatic rings. The standard InChI is InChI=1S/C17H18ClN3O2S/c1-23-8-2-7-19-16(22)9-14-11-24-17-20-15(10-21(14)17)12-3-5-13(18)6-4-12/h3-6,10-11H,2,7-9H2,1H3,(H,19,22). The van der Waals surface area contributed by atoms with Gasteiger partial charge in [0.05, 0.1) is 12.1 Å². The van der Waals surface area contributed by atoms with Crippen molar-refractivity contribution in [2.24, 2.45) is 0 Å². The highest BCUT2D eigenvalue weighted by Crippen LogP contribution is 2.25. The van der Waals surface area contributed by atoms with Crippen LogP contribution in [-0.4, -0.2) is 35.6 Å². The average molecular weight is 364 g/mol. The van der Waals surface area contributed by atoms with E-state index >= 15 is 0 Å². The first-order valence-electron chi connectivity index (χ1n) is 7.64. The molecule has 0 aliphatic rings. The highest BCUT2D eigenvalue weighted by atomic mass is 35.5. The van der Waals surface area contributed by atoms with Gasteiger partial charge in [-0.3, -0.25) is 9.20 Å². The average Bonchev–Trinajstić information content (AvgIpc) is 3.14. The van der Waals surface area contributed by atoms with E-state index < -0.39 is 0 Å². The highest BCUT2D eigenvalue weighted by molar-refractivity contribution is 7.15. The van der Waals surface area contributed by atoms with Crippen LogP contribution in [-0.2, 0) is 16.0 Å². The Morgan fingerprint density at radius 1 is 1.38 bits per heavy atom. The molecule has 0 spiro atoms. The van der Waals surface area contributed by atoms with E-state index in [0.29, 0.717) is 24.6 Å². The van der Waals surface area contributed by atoms with E-state index in [9.17, 15) is 4.79 Å². The number of imidazole rings is 1. The summed E-state index contributed by atoms with van der Waals surface area (Å²) < 4.78 is 6.94. The summed E-state index contributed by atoms with van der Waals surface area (Å²) in [5.41, 5.74) is 2.82. The molecule has 0 fully saturated rings. The molecule has 0 aliphatic heterocycles. The highest BCUT2D eigenvalue weighted by Gasteiger charge is 2.12. The number of nitrogens with one attached hydrogen (secondary N) is 1. The van der Waals surface area contributed by atoms with Gasteiger partial charge < -0.3 is 10.1 Å². The fourth-order valence-electron chi connectivity index (χ4n) is 2.39. The summed E-state index contributed by atoms with van der Waals surface area (Å²) in [7, 11) is 1.65. The van der Waals surface area contributed by atoms with Gasteiger partial charge in [-0.25, -0.2) is 4.98 Å². The Morgan fingerprint density at radius 3 is 2.92 bits per heavy atom. The van der Waals surface area contributed by atoms with E-state index in [2.05, 4.69) is 10.3 Å². The van der Waals surface area contributed by atoms with E-state index in [1.807, 2.05) is 40.2 Å². The number of aromatic nitrogens is 2. The molecule has 0 bridgehead atoms. The van der Waals surface area contributed by atoms with Gasteiger partial charge >= 0.3 is 0 Å². The zero-order valence-corrected chi connectivity index (χ0v) is 14.9. The van der Waals surface area contributed by atoms with Crippen LogP contribution < -0.4 is 5.32 Å². The number of amides is 1. The number of nitrogens with zero attached hydrogens (tertiary/aromatic N) is 2. The first-order chi connectivity index (χ1) is 11.7. The molecular formula is C17H18ClN3O2S. The third-order valence-corrected chi connectivity index (χ3v) is 4.75. The predicted octanol–water partition coefficient (Wildman–Crippen LogP) is 3.41. The molecule has 0 radical (unpaired) electrons. The Hall–Kier alpha value is -1.89. The summed E-state index contributed by atoms with van der Waals surface area (Å²) in [6, 6.07) is 7.57. The van der Waals surface area contributed by atoms with Crippen molar-refractivity contribution in [2.45, 2.75) is 12.8 Å². The predicted molar refractivity (Wildman–Crippen MR) is 96.7 cm³/mol. The van der Waals surface area contributed by atoms with Gasteiger partial charge in [-0.1, -0.05) is 23.7 Å². The van der Waals surface area contributed by atoms with Crippen LogP contribution in [0.15, 0.2) is 35.8 Å². The molecule has 1 amide bonds. The second kappa shape index (κ2) is 7.79. The Bertz CT molecular complexity index is 826. The molecule has 2 heterocycles. The molecule has 7 heteroatoms. The lowest BCUT2D eigenvalue weighted by Crippen LogP contribution is -2.27. The zero-order chi connectivity index (χ0) is 16.9. The topological polar surface area (TPSA) is 55.6 Å². The van der Waals surface area contributed by atoms with Gasteiger partial charge in [-0.15, -0.1) is 11.3 Å². The Labute approximate surface area is 149 Å². The van der Waals surface area contributed by atoms with Crippen molar-refractivity contribution in [3.63, 3.8) is 0 Å². The largest absolute Gasteiger partial charge is 0.385 e. The lowest BCUT2D eigenvalue weighted by molar-refractivity contribution is -0.120. The zero-order valence-electron chi connectivity index (χ0n) is 13.3. The van der Waals surface area contributed by atoms with Crippen LogP contribution in [0.3, 0.4) is 0 Å². The molecule has 1 N–H and O–H groups in total. The normalized spacial score (nSPS) is 11.1. The minimum Gasteiger partial charge on any atom is -0.385 e. The van der Waals surface area contributed by atoms with Crippen molar-refractivity contribution < 1.29 is 9.53 Å². The van der Waals surface area contributed by atoms with E-state index in [1.165, 1.54) is 11.3 Å². The first kappa shape index (κ1) is 17.0. The molecule has 2 aromatic heterocycles. The Balaban J connectivity index is 1.71. The molecular weight excluding hydrogens is 346 g/mol. The van der Waals surface area contributed by atoms with Gasteiger partial charge in [0.1, 0.15) is 0 Å². The minimum absolute atomic E-state index is 0.00699. The van der Waals surface area contributed by atoms with Crippen molar-refractivity contribution in [1.29, 1.82) is 0 Å². The lowest BCUT2D eigenvalue weighted by Gasteiger charge is -2.04. The number of halogens is 1. The van der Waals surface area contributed by atoms with Crippen LogP contribution in [0.1, 0.15) is 12.1 Å². The van der Waals surface area contributed by atoms with Crippen LogP contribution in [0.25, 0.3) is 16.2 Å². The van der Waals surface area contributed by atoms with E-state index in [0.717, 1.165) is 28.3 Å². The number of hydrogen-bond donors (Lipinski definition) is 1. The monoisotopic (exact) mass is 363 g/mol. The molecule has 126 valence electrons. The second-order valence-electron chi connectivity index (χ2n) is 5.39. The second-order valence-corrected chi connectivity index (χ2v) is 6.66. The number of methoxy groups -OCH3 is 1. The third-order valence-electron chi connectivity index (χ3n) is 3.61. The van der Waals surface area contributed by atoms with Crippen LogP contribution in [0, 0.1) is 0 Å². The van der Waals surface area contributed by atoms with Crippen molar-refractivity contribution in [1.82, 2.24) is 14.7 Å². The molecule has 1 aromatic carbocycles. The molecule has 24 heavy (non-hydrogen) atoms. The molecule has 0 unspecified atom stereocenters. The van der Waals surface area contributed by atoms with Crippen LogP contribution in [0.2, 0.25) is 5.02 Å². The summed E-state index contributed by atoms with van der Waals surface area (Å²) in [5.74, 6) is 0.00699. The number of benzene rings is 1. The minimum atomic E-state index is 0.00699. The van der Waals surface area contributed by atoms with Gasteiger partial charge in [0.15, 0.2) is 4.96 Å². The van der Waals surface area contributed by atoms with Gasteiger partial charge in [-0.2, -0.15) is 0 Å². The van der Waals surface area contributed by atoms with E-state index in [4.69, 9.17) is 16.3 Å². The Kier molecular flexibility index (Phi) is 5.50. The van der Waals surface area contributed by atoms with Crippen LogP contribution in [0.4, 0.5) is 0 Å². The Morgan fingerprint density at radius 2 is 2.17 bits per heavy atom.